The number of ether oxygens (including phenoxy) is 1. The van der Waals surface area contributed by atoms with Crippen LogP contribution in [-0.2, 0) is 11.2 Å². The number of fused-ring (bicyclic) bond motifs is 1. The molecule has 1 aromatic rings. The molecule has 4 nitrogen and oxygen atoms in total. The minimum atomic E-state index is -1.19. The third-order valence-electron chi connectivity index (χ3n) is 3.10. The number of nitrogens with zero attached hydrogens (tertiary/aromatic N) is 1. The minimum Gasteiger partial charge on any atom is -0.446 e. The van der Waals surface area contributed by atoms with Gasteiger partial charge in [0.15, 0.2) is 0 Å². The lowest BCUT2D eigenvalue weighted by Crippen LogP contribution is -2.53. The Morgan fingerprint density at radius 3 is 2.78 bits per heavy atom. The Morgan fingerprint density at radius 2 is 2.11 bits per heavy atom. The molecule has 1 atom stereocenters. The van der Waals surface area contributed by atoms with Gasteiger partial charge in [0, 0.05) is 0 Å². The zero-order valence-electron chi connectivity index (χ0n) is 11.0. The molecule has 0 radical (unpaired) electrons. The van der Waals surface area contributed by atoms with Crippen molar-refractivity contribution in [3.05, 3.63) is 29.8 Å². The van der Waals surface area contributed by atoms with E-state index in [2.05, 4.69) is 0 Å². The maximum atomic E-state index is 12.1. The average Bonchev–Trinajstić information content (AvgIpc) is 2.26. The molecule has 0 fully saturated rings. The molecule has 1 aromatic carbocycles. The number of hydrogen-bond donors (Lipinski definition) is 1. The van der Waals surface area contributed by atoms with Gasteiger partial charge in [-0.1, -0.05) is 18.2 Å². The zero-order valence-corrected chi connectivity index (χ0v) is 11.0. The number of aliphatic hydroxyl groups is 1. The van der Waals surface area contributed by atoms with Gasteiger partial charge in [0.1, 0.15) is 5.72 Å². The Kier molecular flexibility index (Phi) is 3.30. The van der Waals surface area contributed by atoms with Crippen LogP contribution >= 0.6 is 0 Å². The largest absolute Gasteiger partial charge is 0.446 e. The molecule has 0 aromatic heterocycles. The van der Waals surface area contributed by atoms with Crippen LogP contribution in [0.15, 0.2) is 24.3 Å². The lowest BCUT2D eigenvalue weighted by atomic mass is 9.94. The average molecular weight is 249 g/mol. The number of rotatable bonds is 1. The van der Waals surface area contributed by atoms with E-state index in [1.165, 1.54) is 4.90 Å². The molecule has 1 aliphatic rings. The lowest BCUT2D eigenvalue weighted by molar-refractivity contribution is 0.0317. The van der Waals surface area contributed by atoms with Gasteiger partial charge in [-0.3, -0.25) is 0 Å². The molecule has 0 saturated heterocycles. The fourth-order valence-corrected chi connectivity index (χ4v) is 2.23. The quantitative estimate of drug-likeness (QED) is 0.832. The van der Waals surface area contributed by atoms with Gasteiger partial charge in [0.05, 0.1) is 11.8 Å². The van der Waals surface area contributed by atoms with E-state index < -0.39 is 11.8 Å². The summed E-state index contributed by atoms with van der Waals surface area (Å²) < 4.78 is 5.21. The Bertz CT molecular complexity index is 454. The van der Waals surface area contributed by atoms with Crippen LogP contribution in [0.3, 0.4) is 0 Å². The van der Waals surface area contributed by atoms with Gasteiger partial charge < -0.3 is 9.84 Å². The Hall–Kier alpha value is -1.55. The molecule has 4 heteroatoms. The molecule has 0 aliphatic carbocycles. The van der Waals surface area contributed by atoms with Gasteiger partial charge in [-0.05, 0) is 45.2 Å². The van der Waals surface area contributed by atoms with Crippen molar-refractivity contribution in [2.24, 2.45) is 0 Å². The van der Waals surface area contributed by atoms with Crippen LogP contribution in [0.1, 0.15) is 32.8 Å². The third-order valence-corrected chi connectivity index (χ3v) is 3.10. The standard InChI is InChI=1S/C14H19NO3/c1-10(2)18-13(16)15-12-7-5-4-6-11(12)8-9-14(15,3)17/h4-7,10,17H,8-9H2,1-3H3. The zero-order chi connectivity index (χ0) is 13.3. The number of amides is 1. The van der Waals surface area contributed by atoms with Crippen molar-refractivity contribution >= 4 is 11.8 Å². The van der Waals surface area contributed by atoms with Crippen molar-refractivity contribution in [2.45, 2.75) is 45.4 Å². The van der Waals surface area contributed by atoms with Crippen molar-refractivity contribution in [1.29, 1.82) is 0 Å². The molecule has 1 heterocycles. The van der Waals surface area contributed by atoms with Crippen LogP contribution in [0.25, 0.3) is 0 Å². The molecule has 2 rings (SSSR count). The number of anilines is 1. The third kappa shape index (κ3) is 2.34. The van der Waals surface area contributed by atoms with Crippen molar-refractivity contribution in [3.8, 4) is 0 Å². The highest BCUT2D eigenvalue weighted by molar-refractivity contribution is 5.90. The molecule has 1 amide bonds. The summed E-state index contributed by atoms with van der Waals surface area (Å²) in [5, 5.41) is 10.4. The summed E-state index contributed by atoms with van der Waals surface area (Å²) in [4.78, 5) is 13.5. The van der Waals surface area contributed by atoms with Gasteiger partial charge in [-0.15, -0.1) is 0 Å². The summed E-state index contributed by atoms with van der Waals surface area (Å²) in [5.41, 5.74) is 0.601. The molecule has 98 valence electrons. The fraction of sp³-hybridized carbons (Fsp3) is 0.500. The van der Waals surface area contributed by atoms with Crippen LogP contribution in [0.4, 0.5) is 10.5 Å². The Balaban J connectivity index is 2.38. The molecular weight excluding hydrogens is 230 g/mol. The van der Waals surface area contributed by atoms with Crippen molar-refractivity contribution in [2.75, 3.05) is 4.90 Å². The number of carbonyl (C=O) groups excluding carboxylic acids is 1. The second-order valence-electron chi connectivity index (χ2n) is 5.11. The maximum absolute atomic E-state index is 12.1. The predicted octanol–water partition coefficient (Wildman–Crippen LogP) is 2.69. The van der Waals surface area contributed by atoms with E-state index in [-0.39, 0.29) is 6.10 Å². The first-order chi connectivity index (χ1) is 8.42. The highest BCUT2D eigenvalue weighted by Crippen LogP contribution is 2.35. The first-order valence-electron chi connectivity index (χ1n) is 6.23. The van der Waals surface area contributed by atoms with Crippen LogP contribution < -0.4 is 4.90 Å². The van der Waals surface area contributed by atoms with E-state index in [1.807, 2.05) is 24.3 Å². The Morgan fingerprint density at radius 1 is 1.44 bits per heavy atom. The second-order valence-corrected chi connectivity index (χ2v) is 5.11. The first-order valence-corrected chi connectivity index (χ1v) is 6.23. The van der Waals surface area contributed by atoms with Gasteiger partial charge in [0.2, 0.25) is 0 Å². The van der Waals surface area contributed by atoms with E-state index in [0.717, 1.165) is 17.7 Å². The van der Waals surface area contributed by atoms with E-state index in [9.17, 15) is 9.90 Å². The number of para-hydroxylation sites is 1. The first kappa shape index (κ1) is 12.9. The van der Waals surface area contributed by atoms with Gasteiger partial charge in [-0.2, -0.15) is 0 Å². The van der Waals surface area contributed by atoms with E-state index >= 15 is 0 Å². The molecule has 1 aliphatic heterocycles. The van der Waals surface area contributed by atoms with E-state index in [1.54, 1.807) is 20.8 Å². The summed E-state index contributed by atoms with van der Waals surface area (Å²) in [5.74, 6) is 0. The Labute approximate surface area is 107 Å². The van der Waals surface area contributed by atoms with Crippen LogP contribution in [-0.4, -0.2) is 23.0 Å². The molecule has 1 N–H and O–H groups in total. The summed E-state index contributed by atoms with van der Waals surface area (Å²) in [6.07, 6.45) is 0.566. The fourth-order valence-electron chi connectivity index (χ4n) is 2.23. The van der Waals surface area contributed by atoms with Crippen LogP contribution in [0.2, 0.25) is 0 Å². The molecule has 0 bridgehead atoms. The minimum absolute atomic E-state index is 0.206. The van der Waals surface area contributed by atoms with Gasteiger partial charge in [0.25, 0.3) is 0 Å². The molecule has 0 saturated carbocycles. The molecule has 0 spiro atoms. The van der Waals surface area contributed by atoms with Crippen molar-refractivity contribution in [1.82, 2.24) is 0 Å². The smallest absolute Gasteiger partial charge is 0.416 e. The predicted molar refractivity (Wildman–Crippen MR) is 69.5 cm³/mol. The van der Waals surface area contributed by atoms with Gasteiger partial charge >= 0.3 is 6.09 Å². The number of benzene rings is 1. The van der Waals surface area contributed by atoms with Crippen LogP contribution in [0, 0.1) is 0 Å². The molecule has 18 heavy (non-hydrogen) atoms. The second kappa shape index (κ2) is 4.61. The summed E-state index contributed by atoms with van der Waals surface area (Å²) >= 11 is 0. The summed E-state index contributed by atoms with van der Waals surface area (Å²) in [7, 11) is 0. The topological polar surface area (TPSA) is 49.8 Å². The number of carbonyl (C=O) groups is 1. The number of aryl methyl sites for hydroxylation is 1. The SMILES string of the molecule is CC(C)OC(=O)N1c2ccccc2CCC1(C)O. The molecule has 1 unspecified atom stereocenters. The van der Waals surface area contributed by atoms with Crippen molar-refractivity contribution in [3.63, 3.8) is 0 Å². The highest BCUT2D eigenvalue weighted by atomic mass is 16.6. The lowest BCUT2D eigenvalue weighted by Gasteiger charge is -2.41. The number of hydrogen-bond acceptors (Lipinski definition) is 3. The monoisotopic (exact) mass is 249 g/mol. The van der Waals surface area contributed by atoms with Crippen molar-refractivity contribution < 1.29 is 14.6 Å². The van der Waals surface area contributed by atoms with E-state index in [0.29, 0.717) is 6.42 Å². The van der Waals surface area contributed by atoms with Gasteiger partial charge in [-0.25, -0.2) is 9.69 Å². The molecular formula is C14H19NO3. The normalized spacial score (nSPS) is 22.8. The highest BCUT2D eigenvalue weighted by Gasteiger charge is 2.40. The van der Waals surface area contributed by atoms with E-state index in [4.69, 9.17) is 4.74 Å². The summed E-state index contributed by atoms with van der Waals surface area (Å²) in [6.45, 7) is 5.23. The maximum Gasteiger partial charge on any atom is 0.416 e. The summed E-state index contributed by atoms with van der Waals surface area (Å²) in [6, 6.07) is 7.60. The van der Waals surface area contributed by atoms with Crippen LogP contribution in [0.5, 0.6) is 0 Å².